The van der Waals surface area contributed by atoms with E-state index in [2.05, 4.69) is 4.98 Å². The fourth-order valence-electron chi connectivity index (χ4n) is 1.91. The largest absolute Gasteiger partial charge is 0.377 e. The van der Waals surface area contributed by atoms with Crippen LogP contribution in [0.1, 0.15) is 18.4 Å². The van der Waals surface area contributed by atoms with E-state index in [4.69, 9.17) is 4.74 Å². The molecule has 1 unspecified atom stereocenters. The van der Waals surface area contributed by atoms with Crippen LogP contribution in [0.4, 0.5) is 4.39 Å². The quantitative estimate of drug-likeness (QED) is 0.818. The summed E-state index contributed by atoms with van der Waals surface area (Å²) in [6.45, 7) is 0.627. The Morgan fingerprint density at radius 2 is 2.29 bits per heavy atom. The average molecular weight is 259 g/mol. The van der Waals surface area contributed by atoms with Gasteiger partial charge in [0.05, 0.1) is 23.8 Å². The lowest BCUT2D eigenvalue weighted by Gasteiger charge is -2.09. The van der Waals surface area contributed by atoms with Gasteiger partial charge in [-0.15, -0.1) is 0 Å². The number of rotatable bonds is 4. The monoisotopic (exact) mass is 259 g/mol. The zero-order valence-corrected chi connectivity index (χ0v) is 10.1. The van der Waals surface area contributed by atoms with Gasteiger partial charge < -0.3 is 4.74 Å². The lowest BCUT2D eigenvalue weighted by atomic mass is 10.3. The first-order valence-electron chi connectivity index (χ1n) is 5.47. The smallest absolute Gasteiger partial charge is 0.157 e. The summed E-state index contributed by atoms with van der Waals surface area (Å²) in [5, 5.41) is 0. The van der Waals surface area contributed by atoms with Gasteiger partial charge in [0, 0.05) is 12.8 Å². The molecule has 0 bridgehead atoms. The molecule has 0 radical (unpaired) electrons. The minimum atomic E-state index is -3.27. The molecule has 94 valence electrons. The summed E-state index contributed by atoms with van der Waals surface area (Å²) >= 11 is 0. The van der Waals surface area contributed by atoms with Crippen LogP contribution in [0.25, 0.3) is 0 Å². The zero-order chi connectivity index (χ0) is 12.3. The van der Waals surface area contributed by atoms with Crippen LogP contribution in [0.3, 0.4) is 0 Å². The highest BCUT2D eigenvalue weighted by molar-refractivity contribution is 7.90. The Hall–Kier alpha value is -1.01. The van der Waals surface area contributed by atoms with Gasteiger partial charge in [0.2, 0.25) is 0 Å². The molecule has 0 N–H and O–H groups in total. The van der Waals surface area contributed by atoms with Gasteiger partial charge in [-0.3, -0.25) is 4.98 Å². The van der Waals surface area contributed by atoms with Gasteiger partial charge in [0.15, 0.2) is 9.84 Å². The van der Waals surface area contributed by atoms with Crippen molar-refractivity contribution < 1.29 is 17.5 Å². The van der Waals surface area contributed by atoms with Gasteiger partial charge in [-0.25, -0.2) is 12.8 Å². The Morgan fingerprint density at radius 1 is 1.47 bits per heavy atom. The molecule has 2 rings (SSSR count). The lowest BCUT2D eigenvalue weighted by Crippen LogP contribution is -2.21. The van der Waals surface area contributed by atoms with Gasteiger partial charge in [0.1, 0.15) is 5.82 Å². The average Bonchev–Trinajstić information content (AvgIpc) is 2.68. The molecule has 4 nitrogen and oxygen atoms in total. The summed E-state index contributed by atoms with van der Waals surface area (Å²) in [4.78, 5) is 3.63. The Morgan fingerprint density at radius 3 is 2.94 bits per heavy atom. The first kappa shape index (κ1) is 12.4. The van der Waals surface area contributed by atoms with Crippen molar-refractivity contribution in [3.8, 4) is 0 Å². The fraction of sp³-hybridized carbons (Fsp3) is 0.545. The summed E-state index contributed by atoms with van der Waals surface area (Å²) in [6.07, 6.45) is 3.90. The number of hydrogen-bond acceptors (Lipinski definition) is 4. The number of pyridine rings is 1. The SMILES string of the molecule is O=S(=O)(Cc1cncc(F)c1)CC1CCCO1. The maximum Gasteiger partial charge on any atom is 0.157 e. The molecule has 6 heteroatoms. The number of ether oxygens (including phenoxy) is 1. The predicted molar refractivity (Wildman–Crippen MR) is 60.7 cm³/mol. The van der Waals surface area contributed by atoms with Crippen LogP contribution in [0.2, 0.25) is 0 Å². The number of aromatic nitrogens is 1. The number of sulfone groups is 1. The Bertz CT molecular complexity index is 483. The molecule has 0 saturated carbocycles. The Kier molecular flexibility index (Phi) is 3.73. The molecule has 2 heterocycles. The lowest BCUT2D eigenvalue weighted by molar-refractivity contribution is 0.127. The summed E-state index contributed by atoms with van der Waals surface area (Å²) in [5.74, 6) is -0.698. The van der Waals surface area contributed by atoms with E-state index in [1.165, 1.54) is 12.3 Å². The molecule has 1 aromatic heterocycles. The number of nitrogens with zero attached hydrogens (tertiary/aromatic N) is 1. The van der Waals surface area contributed by atoms with Gasteiger partial charge in [-0.2, -0.15) is 0 Å². The normalized spacial score (nSPS) is 20.6. The molecule has 0 aliphatic carbocycles. The summed E-state index contributed by atoms with van der Waals surface area (Å²) in [6, 6.07) is 1.19. The van der Waals surface area contributed by atoms with Crippen LogP contribution in [-0.4, -0.2) is 31.9 Å². The van der Waals surface area contributed by atoms with Crippen molar-refractivity contribution in [2.45, 2.75) is 24.7 Å². The van der Waals surface area contributed by atoms with E-state index in [-0.39, 0.29) is 17.6 Å². The van der Waals surface area contributed by atoms with Crippen molar-refractivity contribution in [1.82, 2.24) is 4.98 Å². The van der Waals surface area contributed by atoms with Crippen molar-refractivity contribution in [2.75, 3.05) is 12.4 Å². The summed E-state index contributed by atoms with van der Waals surface area (Å²) < 4.78 is 41.8. The van der Waals surface area contributed by atoms with E-state index < -0.39 is 15.7 Å². The Labute approximate surface area is 99.7 Å². The number of halogens is 1. The molecular weight excluding hydrogens is 245 g/mol. The van der Waals surface area contributed by atoms with E-state index >= 15 is 0 Å². The van der Waals surface area contributed by atoms with Gasteiger partial charge in [-0.05, 0) is 24.5 Å². The van der Waals surface area contributed by atoms with E-state index in [0.717, 1.165) is 19.0 Å². The van der Waals surface area contributed by atoms with Crippen molar-refractivity contribution in [3.63, 3.8) is 0 Å². The van der Waals surface area contributed by atoms with Gasteiger partial charge >= 0.3 is 0 Å². The van der Waals surface area contributed by atoms with Crippen LogP contribution in [0.5, 0.6) is 0 Å². The van der Waals surface area contributed by atoms with Gasteiger partial charge in [0.25, 0.3) is 0 Å². The van der Waals surface area contributed by atoms with Crippen molar-refractivity contribution in [2.24, 2.45) is 0 Å². The summed E-state index contributed by atoms with van der Waals surface area (Å²) in [5.41, 5.74) is 0.378. The summed E-state index contributed by atoms with van der Waals surface area (Å²) in [7, 11) is -3.27. The molecule has 17 heavy (non-hydrogen) atoms. The van der Waals surface area contributed by atoms with Crippen LogP contribution < -0.4 is 0 Å². The molecule has 1 fully saturated rings. The highest BCUT2D eigenvalue weighted by atomic mass is 32.2. The van der Waals surface area contributed by atoms with Gasteiger partial charge in [-0.1, -0.05) is 0 Å². The minimum Gasteiger partial charge on any atom is -0.377 e. The van der Waals surface area contributed by atoms with Crippen LogP contribution in [0, 0.1) is 5.82 Å². The third kappa shape index (κ3) is 3.74. The second kappa shape index (κ2) is 5.10. The number of hydrogen-bond donors (Lipinski definition) is 0. The third-order valence-corrected chi connectivity index (χ3v) is 4.26. The highest BCUT2D eigenvalue weighted by Crippen LogP contribution is 2.16. The molecule has 1 atom stereocenters. The second-order valence-electron chi connectivity index (χ2n) is 4.20. The van der Waals surface area contributed by atoms with E-state index in [0.29, 0.717) is 12.2 Å². The van der Waals surface area contributed by atoms with Crippen molar-refractivity contribution >= 4 is 9.84 Å². The maximum absolute atomic E-state index is 12.9. The molecule has 0 aromatic carbocycles. The van der Waals surface area contributed by atoms with Crippen LogP contribution >= 0.6 is 0 Å². The first-order valence-corrected chi connectivity index (χ1v) is 7.29. The third-order valence-electron chi connectivity index (χ3n) is 2.61. The molecule has 0 spiro atoms. The Balaban J connectivity index is 2.01. The molecule has 1 aromatic rings. The first-order chi connectivity index (χ1) is 8.05. The van der Waals surface area contributed by atoms with Crippen molar-refractivity contribution in [3.05, 3.63) is 29.8 Å². The molecule has 1 aliphatic rings. The van der Waals surface area contributed by atoms with E-state index in [9.17, 15) is 12.8 Å². The molecule has 0 amide bonds. The van der Waals surface area contributed by atoms with Crippen molar-refractivity contribution in [1.29, 1.82) is 0 Å². The maximum atomic E-state index is 12.9. The predicted octanol–water partition coefficient (Wildman–Crippen LogP) is 1.31. The standard InChI is InChI=1S/C11H14FNO3S/c12-10-4-9(5-13-6-10)7-17(14,15)8-11-2-1-3-16-11/h4-6,11H,1-3,7-8H2. The van der Waals surface area contributed by atoms with E-state index in [1.807, 2.05) is 0 Å². The fourth-order valence-corrected chi connectivity index (χ4v) is 3.52. The zero-order valence-electron chi connectivity index (χ0n) is 9.30. The van der Waals surface area contributed by atoms with Crippen LogP contribution in [0.15, 0.2) is 18.5 Å². The molecule has 1 saturated heterocycles. The molecule has 1 aliphatic heterocycles. The van der Waals surface area contributed by atoms with E-state index in [1.54, 1.807) is 0 Å². The molecular formula is C11H14FNO3S. The van der Waals surface area contributed by atoms with Crippen LogP contribution in [-0.2, 0) is 20.3 Å². The highest BCUT2D eigenvalue weighted by Gasteiger charge is 2.23. The second-order valence-corrected chi connectivity index (χ2v) is 6.31. The minimum absolute atomic E-state index is 0.00349. The topological polar surface area (TPSA) is 56.3 Å².